The Kier molecular flexibility index (Phi) is 4.99. The Morgan fingerprint density at radius 1 is 1.25 bits per heavy atom. The van der Waals surface area contributed by atoms with Gasteiger partial charge in [0.1, 0.15) is 11.6 Å². The van der Waals surface area contributed by atoms with Crippen LogP contribution < -0.4 is 10.5 Å². The van der Waals surface area contributed by atoms with Gasteiger partial charge in [-0.15, -0.1) is 0 Å². The van der Waals surface area contributed by atoms with Gasteiger partial charge in [0, 0.05) is 6.04 Å². The molecule has 1 atom stereocenters. The Hall–Kier alpha value is -1.58. The fraction of sp³-hybridized carbons (Fsp3) is 0.250. The first-order chi connectivity index (χ1) is 9.61. The van der Waals surface area contributed by atoms with Crippen molar-refractivity contribution < 1.29 is 9.13 Å². The van der Waals surface area contributed by atoms with E-state index in [1.54, 1.807) is 12.1 Å². The number of benzene rings is 2. The van der Waals surface area contributed by atoms with Crippen molar-refractivity contribution in [2.45, 2.75) is 19.4 Å². The Balaban J connectivity index is 2.17. The average Bonchev–Trinajstić information content (AvgIpc) is 2.44. The lowest BCUT2D eigenvalue weighted by molar-refractivity contribution is 0.339. The van der Waals surface area contributed by atoms with Gasteiger partial charge in [-0.05, 0) is 42.7 Å². The molecule has 106 valence electrons. The van der Waals surface area contributed by atoms with Gasteiger partial charge in [0.2, 0.25) is 0 Å². The SMILES string of the molecule is CCOc1cccc(C(N)Cc2cccc(Cl)c2F)c1. The molecule has 1 unspecified atom stereocenters. The fourth-order valence-corrected chi connectivity index (χ4v) is 2.26. The molecular formula is C16H17ClFNO. The first kappa shape index (κ1) is 14.8. The maximum atomic E-state index is 13.9. The highest BCUT2D eigenvalue weighted by Crippen LogP contribution is 2.24. The van der Waals surface area contributed by atoms with Crippen LogP contribution in [0.15, 0.2) is 42.5 Å². The summed E-state index contributed by atoms with van der Waals surface area (Å²) in [7, 11) is 0. The normalized spacial score (nSPS) is 12.2. The molecule has 2 aromatic rings. The minimum Gasteiger partial charge on any atom is -0.494 e. The van der Waals surface area contributed by atoms with E-state index in [-0.39, 0.29) is 11.1 Å². The largest absolute Gasteiger partial charge is 0.494 e. The maximum absolute atomic E-state index is 13.9. The van der Waals surface area contributed by atoms with E-state index in [1.807, 2.05) is 31.2 Å². The zero-order valence-corrected chi connectivity index (χ0v) is 12.0. The molecule has 0 aromatic heterocycles. The van der Waals surface area contributed by atoms with Gasteiger partial charge in [0.25, 0.3) is 0 Å². The molecule has 0 radical (unpaired) electrons. The highest BCUT2D eigenvalue weighted by Gasteiger charge is 2.12. The summed E-state index contributed by atoms with van der Waals surface area (Å²) in [5, 5.41) is 0.123. The molecule has 0 bridgehead atoms. The van der Waals surface area contributed by atoms with Crippen molar-refractivity contribution >= 4 is 11.6 Å². The van der Waals surface area contributed by atoms with E-state index in [2.05, 4.69) is 0 Å². The first-order valence-corrected chi connectivity index (χ1v) is 6.91. The molecule has 0 spiro atoms. The summed E-state index contributed by atoms with van der Waals surface area (Å²) < 4.78 is 19.3. The molecule has 0 aliphatic carbocycles. The number of hydrogen-bond donors (Lipinski definition) is 1. The van der Waals surface area contributed by atoms with Crippen molar-refractivity contribution in [1.82, 2.24) is 0 Å². The van der Waals surface area contributed by atoms with Gasteiger partial charge in [-0.25, -0.2) is 4.39 Å². The molecule has 0 amide bonds. The van der Waals surface area contributed by atoms with Crippen LogP contribution in [0.1, 0.15) is 24.1 Å². The molecule has 0 aliphatic rings. The number of halogens is 2. The van der Waals surface area contributed by atoms with Crippen LogP contribution in [0, 0.1) is 5.82 Å². The summed E-state index contributed by atoms with van der Waals surface area (Å²) in [6.07, 6.45) is 0.391. The first-order valence-electron chi connectivity index (χ1n) is 6.53. The van der Waals surface area contributed by atoms with Crippen LogP contribution in [0.5, 0.6) is 5.75 Å². The molecule has 2 rings (SSSR count). The molecule has 4 heteroatoms. The van der Waals surface area contributed by atoms with Crippen LogP contribution in [0.25, 0.3) is 0 Å². The second-order valence-corrected chi connectivity index (χ2v) is 4.94. The van der Waals surface area contributed by atoms with Gasteiger partial charge >= 0.3 is 0 Å². The van der Waals surface area contributed by atoms with Crippen molar-refractivity contribution in [3.63, 3.8) is 0 Å². The number of hydrogen-bond acceptors (Lipinski definition) is 2. The molecule has 20 heavy (non-hydrogen) atoms. The topological polar surface area (TPSA) is 35.2 Å². The molecule has 0 heterocycles. The van der Waals surface area contributed by atoms with Gasteiger partial charge in [-0.3, -0.25) is 0 Å². The van der Waals surface area contributed by atoms with Gasteiger partial charge in [0.15, 0.2) is 0 Å². The van der Waals surface area contributed by atoms with Crippen molar-refractivity contribution in [3.05, 3.63) is 64.4 Å². The van der Waals surface area contributed by atoms with Gasteiger partial charge in [0.05, 0.1) is 11.6 Å². The summed E-state index contributed by atoms with van der Waals surface area (Å²) in [5.74, 6) is 0.373. The molecule has 0 aliphatic heterocycles. The molecule has 2 nitrogen and oxygen atoms in total. The zero-order valence-electron chi connectivity index (χ0n) is 11.3. The molecule has 2 N–H and O–H groups in total. The Morgan fingerprint density at radius 3 is 2.75 bits per heavy atom. The smallest absolute Gasteiger partial charge is 0.145 e. The average molecular weight is 294 g/mol. The Labute approximate surface area is 123 Å². The third-order valence-electron chi connectivity index (χ3n) is 3.07. The van der Waals surface area contributed by atoms with Crippen LogP contribution in [-0.2, 0) is 6.42 Å². The lowest BCUT2D eigenvalue weighted by Crippen LogP contribution is -2.14. The lowest BCUT2D eigenvalue weighted by atomic mass is 9.99. The highest BCUT2D eigenvalue weighted by molar-refractivity contribution is 6.30. The Morgan fingerprint density at radius 2 is 2.00 bits per heavy atom. The summed E-state index contributed by atoms with van der Waals surface area (Å²) in [5.41, 5.74) is 7.58. The van der Waals surface area contributed by atoms with E-state index in [9.17, 15) is 4.39 Å². The minimum absolute atomic E-state index is 0.123. The van der Waals surface area contributed by atoms with Crippen molar-refractivity contribution in [2.24, 2.45) is 5.73 Å². The molecular weight excluding hydrogens is 277 g/mol. The standard InChI is InChI=1S/C16H17ClFNO/c1-2-20-13-7-3-5-11(9-13)15(19)10-12-6-4-8-14(17)16(12)18/h3-9,15H,2,10,19H2,1H3. The van der Waals surface area contributed by atoms with E-state index in [1.165, 1.54) is 6.07 Å². The number of ether oxygens (including phenoxy) is 1. The van der Waals surface area contributed by atoms with Crippen molar-refractivity contribution in [1.29, 1.82) is 0 Å². The summed E-state index contributed by atoms with van der Waals surface area (Å²) >= 11 is 5.77. The second kappa shape index (κ2) is 6.73. The summed E-state index contributed by atoms with van der Waals surface area (Å²) in [6.45, 7) is 2.52. The molecule has 0 saturated carbocycles. The van der Waals surface area contributed by atoms with Crippen LogP contribution >= 0.6 is 11.6 Å². The quantitative estimate of drug-likeness (QED) is 0.900. The third kappa shape index (κ3) is 3.50. The predicted octanol–water partition coefficient (Wildman–Crippen LogP) is 4.12. The van der Waals surface area contributed by atoms with Crippen molar-refractivity contribution in [2.75, 3.05) is 6.61 Å². The molecule has 2 aromatic carbocycles. The van der Waals surface area contributed by atoms with E-state index >= 15 is 0 Å². The monoisotopic (exact) mass is 293 g/mol. The molecule has 0 fully saturated rings. The number of nitrogens with two attached hydrogens (primary N) is 1. The van der Waals surface area contributed by atoms with E-state index in [0.717, 1.165) is 11.3 Å². The summed E-state index contributed by atoms with van der Waals surface area (Å²) in [4.78, 5) is 0. The lowest BCUT2D eigenvalue weighted by Gasteiger charge is -2.14. The van der Waals surface area contributed by atoms with E-state index in [4.69, 9.17) is 22.1 Å². The van der Waals surface area contributed by atoms with Crippen LogP contribution in [0.3, 0.4) is 0 Å². The zero-order chi connectivity index (χ0) is 14.5. The van der Waals surface area contributed by atoms with Crippen LogP contribution in [-0.4, -0.2) is 6.61 Å². The maximum Gasteiger partial charge on any atom is 0.145 e. The van der Waals surface area contributed by atoms with Crippen LogP contribution in [0.4, 0.5) is 4.39 Å². The van der Waals surface area contributed by atoms with Gasteiger partial charge < -0.3 is 10.5 Å². The van der Waals surface area contributed by atoms with Crippen molar-refractivity contribution in [3.8, 4) is 5.75 Å². The van der Waals surface area contributed by atoms with E-state index in [0.29, 0.717) is 18.6 Å². The number of rotatable bonds is 5. The van der Waals surface area contributed by atoms with Crippen LogP contribution in [0.2, 0.25) is 5.02 Å². The second-order valence-electron chi connectivity index (χ2n) is 4.53. The van der Waals surface area contributed by atoms with E-state index < -0.39 is 5.82 Å². The minimum atomic E-state index is -0.398. The Bertz CT molecular complexity index is 588. The predicted molar refractivity (Wildman–Crippen MR) is 79.7 cm³/mol. The summed E-state index contributed by atoms with van der Waals surface area (Å²) in [6, 6.07) is 12.2. The molecule has 0 saturated heterocycles. The third-order valence-corrected chi connectivity index (χ3v) is 3.36. The van der Waals surface area contributed by atoms with Gasteiger partial charge in [-0.1, -0.05) is 35.9 Å². The highest BCUT2D eigenvalue weighted by atomic mass is 35.5. The fourth-order valence-electron chi connectivity index (χ4n) is 2.06. The van der Waals surface area contributed by atoms with Gasteiger partial charge in [-0.2, -0.15) is 0 Å².